The van der Waals surface area contributed by atoms with Crippen molar-refractivity contribution in [3.05, 3.63) is 30.1 Å². The summed E-state index contributed by atoms with van der Waals surface area (Å²) in [6.07, 6.45) is 1.16. The molecule has 5 nitrogen and oxygen atoms in total. The molecule has 0 fully saturated rings. The van der Waals surface area contributed by atoms with Gasteiger partial charge in [-0.3, -0.25) is 4.99 Å². The van der Waals surface area contributed by atoms with E-state index in [0.717, 1.165) is 6.54 Å². The van der Waals surface area contributed by atoms with Gasteiger partial charge in [0.15, 0.2) is 5.96 Å². The molecule has 1 rings (SSSR count). The van der Waals surface area contributed by atoms with Gasteiger partial charge >= 0.3 is 0 Å². The number of aliphatic hydroxyl groups is 1. The third kappa shape index (κ3) is 9.25. The summed E-state index contributed by atoms with van der Waals surface area (Å²) in [6.45, 7) is 9.36. The molecule has 0 amide bonds. The highest BCUT2D eigenvalue weighted by Gasteiger charge is 2.21. The number of rotatable bonds is 9. The van der Waals surface area contributed by atoms with Crippen LogP contribution in [0.5, 0.6) is 5.75 Å². The largest absolute Gasteiger partial charge is 0.489 e. The fourth-order valence-corrected chi connectivity index (χ4v) is 2.10. The van der Waals surface area contributed by atoms with Gasteiger partial charge in [0.25, 0.3) is 0 Å². The molecule has 7 heteroatoms. The smallest absolute Gasteiger partial charge is 0.191 e. The highest BCUT2D eigenvalue weighted by Crippen LogP contribution is 2.15. The Morgan fingerprint density at radius 2 is 1.96 bits per heavy atom. The maximum Gasteiger partial charge on any atom is 0.191 e. The number of benzene rings is 1. The molecule has 3 N–H and O–H groups in total. The van der Waals surface area contributed by atoms with Crippen molar-refractivity contribution in [2.45, 2.75) is 52.2 Å². The van der Waals surface area contributed by atoms with E-state index in [2.05, 4.69) is 15.6 Å². The molecule has 25 heavy (non-hydrogen) atoms. The lowest BCUT2D eigenvalue weighted by Crippen LogP contribution is -2.43. The van der Waals surface area contributed by atoms with Gasteiger partial charge in [-0.25, -0.2) is 4.39 Å². The first-order valence-electron chi connectivity index (χ1n) is 8.59. The summed E-state index contributed by atoms with van der Waals surface area (Å²) < 4.78 is 18.8. The van der Waals surface area contributed by atoms with Crippen LogP contribution in [0.3, 0.4) is 0 Å². The minimum absolute atomic E-state index is 0. The molecule has 0 saturated heterocycles. The monoisotopic (exact) mass is 467 g/mol. The van der Waals surface area contributed by atoms with Gasteiger partial charge in [0.1, 0.15) is 17.7 Å². The highest BCUT2D eigenvalue weighted by molar-refractivity contribution is 14.0. The zero-order chi connectivity index (χ0) is 18.0. The Bertz CT molecular complexity index is 525. The minimum atomic E-state index is -0.772. The maximum absolute atomic E-state index is 13.2. The Hall–Kier alpha value is -1.09. The van der Waals surface area contributed by atoms with Crippen LogP contribution in [-0.4, -0.2) is 42.4 Å². The second kappa shape index (κ2) is 12.3. The highest BCUT2D eigenvalue weighted by atomic mass is 127. The molecule has 0 saturated carbocycles. The predicted molar refractivity (Wildman–Crippen MR) is 111 cm³/mol. The van der Waals surface area contributed by atoms with Gasteiger partial charge < -0.3 is 20.5 Å². The van der Waals surface area contributed by atoms with Gasteiger partial charge in [0.05, 0.1) is 18.7 Å². The molecule has 0 spiro atoms. The first kappa shape index (κ1) is 23.9. The average molecular weight is 467 g/mol. The molecule has 0 aliphatic rings. The molecule has 0 aliphatic carbocycles. The van der Waals surface area contributed by atoms with E-state index in [4.69, 9.17) is 4.74 Å². The third-order valence-corrected chi connectivity index (χ3v) is 3.88. The number of nitrogens with one attached hydrogen (secondary N) is 2. The summed E-state index contributed by atoms with van der Waals surface area (Å²) >= 11 is 0. The molecular weight excluding hydrogens is 436 g/mol. The Morgan fingerprint density at radius 3 is 2.52 bits per heavy atom. The summed E-state index contributed by atoms with van der Waals surface area (Å²) in [7, 11) is 0. The van der Waals surface area contributed by atoms with Crippen LogP contribution < -0.4 is 15.4 Å². The predicted octanol–water partition coefficient (Wildman–Crippen LogP) is 3.32. The Balaban J connectivity index is 0.00000576. The molecule has 0 aromatic heterocycles. The number of aliphatic imine (C=N–C) groups is 1. The van der Waals surface area contributed by atoms with Gasteiger partial charge in [-0.15, -0.1) is 24.0 Å². The molecule has 0 aliphatic heterocycles. The van der Waals surface area contributed by atoms with E-state index in [1.165, 1.54) is 12.1 Å². The first-order chi connectivity index (χ1) is 11.4. The van der Waals surface area contributed by atoms with E-state index >= 15 is 0 Å². The normalized spacial score (nSPS) is 13.0. The molecule has 0 heterocycles. The van der Waals surface area contributed by atoms with Crippen LogP contribution in [0.4, 0.5) is 4.39 Å². The van der Waals surface area contributed by atoms with Crippen LogP contribution in [0.2, 0.25) is 0 Å². The zero-order valence-corrected chi connectivity index (χ0v) is 17.8. The number of ether oxygens (including phenoxy) is 1. The van der Waals surface area contributed by atoms with Crippen molar-refractivity contribution in [3.63, 3.8) is 0 Å². The molecule has 0 bridgehead atoms. The van der Waals surface area contributed by atoms with Gasteiger partial charge in [-0.2, -0.15) is 0 Å². The van der Waals surface area contributed by atoms with Crippen LogP contribution in [0.25, 0.3) is 0 Å². The Labute approximate surface area is 167 Å². The summed E-state index contributed by atoms with van der Waals surface area (Å²) in [5.74, 6) is 0.811. The topological polar surface area (TPSA) is 65.9 Å². The van der Waals surface area contributed by atoms with Crippen LogP contribution >= 0.6 is 24.0 Å². The third-order valence-electron chi connectivity index (χ3n) is 3.88. The summed E-state index contributed by atoms with van der Waals surface area (Å²) in [5, 5.41) is 16.7. The van der Waals surface area contributed by atoms with Gasteiger partial charge in [-0.05, 0) is 38.8 Å². The van der Waals surface area contributed by atoms with Crippen molar-refractivity contribution in [1.82, 2.24) is 10.6 Å². The van der Waals surface area contributed by atoms with E-state index < -0.39 is 5.60 Å². The molecule has 1 aromatic rings. The van der Waals surface area contributed by atoms with E-state index in [1.54, 1.807) is 12.1 Å². The fraction of sp³-hybridized carbons (Fsp3) is 0.611. The van der Waals surface area contributed by atoms with E-state index in [-0.39, 0.29) is 35.9 Å². The Morgan fingerprint density at radius 1 is 1.28 bits per heavy atom. The summed E-state index contributed by atoms with van der Waals surface area (Å²) in [4.78, 5) is 4.45. The van der Waals surface area contributed by atoms with E-state index in [0.29, 0.717) is 37.6 Å². The quantitative estimate of drug-likeness (QED) is 0.296. The van der Waals surface area contributed by atoms with Crippen molar-refractivity contribution >= 4 is 29.9 Å². The molecular formula is C18H31FIN3O2. The molecule has 1 aromatic carbocycles. The number of nitrogens with zero attached hydrogens (tertiary/aromatic N) is 1. The zero-order valence-electron chi connectivity index (χ0n) is 15.5. The number of hydrogen-bond donors (Lipinski definition) is 3. The Kier molecular flexibility index (Phi) is 11.8. The number of halogens is 2. The summed E-state index contributed by atoms with van der Waals surface area (Å²) in [6, 6.07) is 6.08. The molecule has 1 atom stereocenters. The average Bonchev–Trinajstić information content (AvgIpc) is 2.57. The minimum Gasteiger partial charge on any atom is -0.489 e. The lowest BCUT2D eigenvalue weighted by molar-refractivity contribution is 0.0418. The van der Waals surface area contributed by atoms with Crippen molar-refractivity contribution in [2.75, 3.05) is 19.6 Å². The fourth-order valence-electron chi connectivity index (χ4n) is 2.10. The van der Waals surface area contributed by atoms with Crippen LogP contribution in [0.1, 0.15) is 40.5 Å². The van der Waals surface area contributed by atoms with Crippen molar-refractivity contribution in [2.24, 2.45) is 4.99 Å². The van der Waals surface area contributed by atoms with Gasteiger partial charge in [-0.1, -0.05) is 19.9 Å². The van der Waals surface area contributed by atoms with Crippen molar-refractivity contribution < 1.29 is 14.2 Å². The van der Waals surface area contributed by atoms with E-state index in [1.807, 2.05) is 27.7 Å². The molecule has 1 unspecified atom stereocenters. The second-order valence-corrected chi connectivity index (χ2v) is 5.89. The van der Waals surface area contributed by atoms with Crippen LogP contribution in [-0.2, 0) is 0 Å². The lowest BCUT2D eigenvalue weighted by atomic mass is 9.98. The van der Waals surface area contributed by atoms with Crippen molar-refractivity contribution in [3.8, 4) is 5.75 Å². The van der Waals surface area contributed by atoms with Gasteiger partial charge in [0.2, 0.25) is 0 Å². The van der Waals surface area contributed by atoms with E-state index in [9.17, 15) is 9.50 Å². The lowest BCUT2D eigenvalue weighted by Gasteiger charge is -2.24. The molecule has 0 radical (unpaired) electrons. The standard InChI is InChI=1S/C18H30FN3O2.HI/c1-5-18(23,6-2)13-22-17(20-7-3)21-12-14(4)24-16-10-8-9-15(19)11-16;/h8-11,14,23H,5-7,12-13H2,1-4H3,(H2,20,21,22);1H. The van der Waals surface area contributed by atoms with Gasteiger partial charge in [0, 0.05) is 12.6 Å². The van der Waals surface area contributed by atoms with Crippen molar-refractivity contribution in [1.29, 1.82) is 0 Å². The van der Waals surface area contributed by atoms with Crippen LogP contribution in [0, 0.1) is 5.82 Å². The SMILES string of the molecule is CCNC(=NCC(O)(CC)CC)NCC(C)Oc1cccc(F)c1.I. The second-order valence-electron chi connectivity index (χ2n) is 5.89. The van der Waals surface area contributed by atoms with Crippen LogP contribution in [0.15, 0.2) is 29.3 Å². The number of hydrogen-bond acceptors (Lipinski definition) is 3. The first-order valence-corrected chi connectivity index (χ1v) is 8.59. The molecule has 144 valence electrons. The summed E-state index contributed by atoms with van der Waals surface area (Å²) in [5.41, 5.74) is -0.772. The number of guanidine groups is 1. The maximum atomic E-state index is 13.2.